The van der Waals surface area contributed by atoms with Gasteiger partial charge in [0.2, 0.25) is 6.79 Å². The molecule has 2 aromatic carbocycles. The number of rotatable bonds is 4. The summed E-state index contributed by atoms with van der Waals surface area (Å²) in [6, 6.07) is 13.7. The molecule has 0 saturated carbocycles. The number of H-pyrrole nitrogens is 1. The molecule has 5 heteroatoms. The van der Waals surface area contributed by atoms with E-state index < -0.39 is 0 Å². The van der Waals surface area contributed by atoms with Crippen LogP contribution in [-0.4, -0.2) is 28.6 Å². The molecule has 128 valence electrons. The highest BCUT2D eigenvalue weighted by Crippen LogP contribution is 2.33. The molecule has 0 fully saturated rings. The highest BCUT2D eigenvalue weighted by atomic mass is 16.7. The van der Waals surface area contributed by atoms with E-state index in [4.69, 9.17) is 9.47 Å². The Bertz CT molecular complexity index is 930. The fraction of sp³-hybridized carbons (Fsp3) is 0.250. The van der Waals surface area contributed by atoms with Crippen molar-refractivity contribution in [2.45, 2.75) is 26.4 Å². The molecule has 1 aromatic heterocycles. The lowest BCUT2D eigenvalue weighted by molar-refractivity contribution is 0.0692. The quantitative estimate of drug-likeness (QED) is 0.785. The number of fused-ring (bicyclic) bond motifs is 2. The zero-order valence-electron chi connectivity index (χ0n) is 14.3. The standard InChI is InChI=1S/C20H20N2O3/c1-13(2)22(11-14-7-8-18-19(9-14)25-12-24-18)20(23)16-10-21-17-6-4-3-5-15(16)17/h3-10,13,21H,11-12H2,1-2H3. The van der Waals surface area contributed by atoms with Crippen molar-refractivity contribution in [3.05, 3.63) is 59.8 Å². The third-order valence-corrected chi connectivity index (χ3v) is 4.49. The lowest BCUT2D eigenvalue weighted by Crippen LogP contribution is -2.36. The van der Waals surface area contributed by atoms with Crippen LogP contribution >= 0.6 is 0 Å². The lowest BCUT2D eigenvalue weighted by Gasteiger charge is -2.27. The summed E-state index contributed by atoms with van der Waals surface area (Å²) in [4.78, 5) is 18.2. The van der Waals surface area contributed by atoms with Crippen LogP contribution in [0.25, 0.3) is 10.9 Å². The van der Waals surface area contributed by atoms with Crippen molar-refractivity contribution in [3.8, 4) is 11.5 Å². The first-order valence-electron chi connectivity index (χ1n) is 8.39. The second-order valence-electron chi connectivity index (χ2n) is 6.46. The number of para-hydroxylation sites is 1. The van der Waals surface area contributed by atoms with Crippen LogP contribution in [0.5, 0.6) is 11.5 Å². The molecule has 0 spiro atoms. The van der Waals surface area contributed by atoms with Gasteiger partial charge in [0.25, 0.3) is 5.91 Å². The van der Waals surface area contributed by atoms with E-state index in [-0.39, 0.29) is 18.7 Å². The first-order valence-corrected chi connectivity index (χ1v) is 8.39. The SMILES string of the molecule is CC(C)N(Cc1ccc2c(c1)OCO2)C(=O)c1c[nH]c2ccccc12. The molecular weight excluding hydrogens is 316 g/mol. The molecule has 25 heavy (non-hydrogen) atoms. The number of amides is 1. The summed E-state index contributed by atoms with van der Waals surface area (Å²) in [5.41, 5.74) is 2.69. The van der Waals surface area contributed by atoms with Crippen molar-refractivity contribution in [2.75, 3.05) is 6.79 Å². The molecule has 0 bridgehead atoms. The van der Waals surface area contributed by atoms with Crippen LogP contribution in [0.15, 0.2) is 48.7 Å². The molecule has 2 heterocycles. The van der Waals surface area contributed by atoms with Crippen LogP contribution in [0.3, 0.4) is 0 Å². The average Bonchev–Trinajstić information content (AvgIpc) is 3.25. The van der Waals surface area contributed by atoms with Gasteiger partial charge in [-0.1, -0.05) is 24.3 Å². The van der Waals surface area contributed by atoms with E-state index in [1.54, 1.807) is 6.20 Å². The molecule has 0 radical (unpaired) electrons. The third kappa shape index (κ3) is 2.82. The number of ether oxygens (including phenoxy) is 2. The predicted molar refractivity (Wildman–Crippen MR) is 95.9 cm³/mol. The Kier molecular flexibility index (Phi) is 3.84. The minimum atomic E-state index is 0.0186. The predicted octanol–water partition coefficient (Wildman–Crippen LogP) is 3.95. The van der Waals surface area contributed by atoms with Crippen molar-refractivity contribution in [1.29, 1.82) is 0 Å². The molecule has 1 aliphatic heterocycles. The van der Waals surface area contributed by atoms with Crippen LogP contribution in [-0.2, 0) is 6.54 Å². The Morgan fingerprint density at radius 2 is 1.96 bits per heavy atom. The number of carbonyl (C=O) groups excluding carboxylic acids is 1. The van der Waals surface area contributed by atoms with Crippen LogP contribution in [0.2, 0.25) is 0 Å². The van der Waals surface area contributed by atoms with Crippen LogP contribution in [0.1, 0.15) is 29.8 Å². The zero-order valence-corrected chi connectivity index (χ0v) is 14.3. The average molecular weight is 336 g/mol. The van der Waals surface area contributed by atoms with Gasteiger partial charge in [-0.3, -0.25) is 4.79 Å². The van der Waals surface area contributed by atoms with Gasteiger partial charge in [-0.15, -0.1) is 0 Å². The van der Waals surface area contributed by atoms with Crippen LogP contribution < -0.4 is 9.47 Å². The molecular formula is C20H20N2O3. The van der Waals surface area contributed by atoms with Crippen molar-refractivity contribution < 1.29 is 14.3 Å². The van der Waals surface area contributed by atoms with Gasteiger partial charge < -0.3 is 19.4 Å². The topological polar surface area (TPSA) is 54.6 Å². The summed E-state index contributed by atoms with van der Waals surface area (Å²) in [6.45, 7) is 4.83. The molecule has 1 amide bonds. The van der Waals surface area contributed by atoms with E-state index in [1.807, 2.05) is 61.2 Å². The maximum atomic E-state index is 13.1. The Balaban J connectivity index is 1.64. The second-order valence-corrected chi connectivity index (χ2v) is 6.46. The number of hydrogen-bond acceptors (Lipinski definition) is 3. The van der Waals surface area contributed by atoms with E-state index in [2.05, 4.69) is 4.98 Å². The maximum Gasteiger partial charge on any atom is 0.256 e. The number of hydrogen-bond donors (Lipinski definition) is 1. The Morgan fingerprint density at radius 3 is 2.80 bits per heavy atom. The minimum Gasteiger partial charge on any atom is -0.454 e. The molecule has 0 aliphatic carbocycles. The number of aromatic nitrogens is 1. The van der Waals surface area contributed by atoms with Crippen molar-refractivity contribution in [3.63, 3.8) is 0 Å². The van der Waals surface area contributed by atoms with E-state index in [1.165, 1.54) is 0 Å². The molecule has 4 rings (SSSR count). The Morgan fingerprint density at radius 1 is 1.16 bits per heavy atom. The minimum absolute atomic E-state index is 0.0186. The van der Waals surface area contributed by atoms with Gasteiger partial charge >= 0.3 is 0 Å². The van der Waals surface area contributed by atoms with Crippen molar-refractivity contribution in [1.82, 2.24) is 9.88 Å². The number of carbonyl (C=O) groups is 1. The van der Waals surface area contributed by atoms with E-state index >= 15 is 0 Å². The van der Waals surface area contributed by atoms with Gasteiger partial charge in [0.05, 0.1) is 5.56 Å². The summed E-state index contributed by atoms with van der Waals surface area (Å²) >= 11 is 0. The molecule has 3 aromatic rings. The van der Waals surface area contributed by atoms with Crippen LogP contribution in [0.4, 0.5) is 0 Å². The summed E-state index contributed by atoms with van der Waals surface area (Å²) in [5, 5.41) is 0.948. The first kappa shape index (κ1) is 15.6. The van der Waals surface area contributed by atoms with Gasteiger partial charge in [0.1, 0.15) is 0 Å². The molecule has 0 atom stereocenters. The molecule has 0 saturated heterocycles. The summed E-state index contributed by atoms with van der Waals surface area (Å²) in [6.07, 6.45) is 1.79. The monoisotopic (exact) mass is 336 g/mol. The molecule has 1 aliphatic rings. The maximum absolute atomic E-state index is 13.1. The van der Waals surface area contributed by atoms with E-state index in [0.717, 1.165) is 28.0 Å². The van der Waals surface area contributed by atoms with Gasteiger partial charge in [0, 0.05) is 29.7 Å². The smallest absolute Gasteiger partial charge is 0.256 e. The third-order valence-electron chi connectivity index (χ3n) is 4.49. The highest BCUT2D eigenvalue weighted by Gasteiger charge is 2.23. The van der Waals surface area contributed by atoms with E-state index in [9.17, 15) is 4.79 Å². The normalized spacial score (nSPS) is 12.8. The zero-order chi connectivity index (χ0) is 17.4. The number of nitrogens with one attached hydrogen (secondary N) is 1. The largest absolute Gasteiger partial charge is 0.454 e. The highest BCUT2D eigenvalue weighted by molar-refractivity contribution is 6.06. The van der Waals surface area contributed by atoms with Gasteiger partial charge in [-0.2, -0.15) is 0 Å². The van der Waals surface area contributed by atoms with Gasteiger partial charge in [-0.25, -0.2) is 0 Å². The van der Waals surface area contributed by atoms with Crippen molar-refractivity contribution >= 4 is 16.8 Å². The Hall–Kier alpha value is -2.95. The number of aromatic amines is 1. The van der Waals surface area contributed by atoms with Gasteiger partial charge in [-0.05, 0) is 37.6 Å². The van der Waals surface area contributed by atoms with Gasteiger partial charge in [0.15, 0.2) is 11.5 Å². The molecule has 5 nitrogen and oxygen atoms in total. The van der Waals surface area contributed by atoms with Crippen molar-refractivity contribution in [2.24, 2.45) is 0 Å². The summed E-state index contributed by atoms with van der Waals surface area (Å²) < 4.78 is 10.8. The molecule has 0 unspecified atom stereocenters. The van der Waals surface area contributed by atoms with E-state index in [0.29, 0.717) is 12.1 Å². The number of nitrogens with zero attached hydrogens (tertiary/aromatic N) is 1. The Labute approximate surface area is 146 Å². The molecule has 1 N–H and O–H groups in total. The fourth-order valence-electron chi connectivity index (χ4n) is 3.13. The summed E-state index contributed by atoms with van der Waals surface area (Å²) in [7, 11) is 0. The lowest BCUT2D eigenvalue weighted by atomic mass is 10.1. The first-order chi connectivity index (χ1) is 12.1. The fourth-order valence-corrected chi connectivity index (χ4v) is 3.13. The number of benzene rings is 2. The second kappa shape index (κ2) is 6.16. The summed E-state index contributed by atoms with van der Waals surface area (Å²) in [5.74, 6) is 1.51. The van der Waals surface area contributed by atoms with Crippen LogP contribution in [0, 0.1) is 0 Å².